The summed E-state index contributed by atoms with van der Waals surface area (Å²) in [7, 11) is 3.40. The van der Waals surface area contributed by atoms with Crippen LogP contribution >= 0.6 is 0 Å². The summed E-state index contributed by atoms with van der Waals surface area (Å²) in [6.45, 7) is 6.25. The van der Waals surface area contributed by atoms with Gasteiger partial charge in [-0.15, -0.1) is 0 Å². The van der Waals surface area contributed by atoms with Crippen LogP contribution in [-0.2, 0) is 21.5 Å². The molecule has 1 aliphatic carbocycles. The smallest absolute Gasteiger partial charge is 0.248 e. The molecule has 2 amide bonds. The van der Waals surface area contributed by atoms with Crippen molar-refractivity contribution in [1.82, 2.24) is 15.3 Å². The van der Waals surface area contributed by atoms with Gasteiger partial charge in [-0.25, -0.2) is 9.90 Å². The van der Waals surface area contributed by atoms with E-state index in [-0.39, 0.29) is 24.5 Å². The van der Waals surface area contributed by atoms with Crippen molar-refractivity contribution < 1.29 is 19.5 Å². The fraction of sp³-hybridized carbons (Fsp3) is 0.533. The highest BCUT2D eigenvalue weighted by molar-refractivity contribution is 5.98. The molecule has 0 spiro atoms. The highest BCUT2D eigenvalue weighted by Gasteiger charge is 2.47. The van der Waals surface area contributed by atoms with Crippen LogP contribution < -0.4 is 11.1 Å². The minimum atomic E-state index is -0.852. The fourth-order valence-electron chi connectivity index (χ4n) is 6.18. The molecule has 1 fully saturated rings. The summed E-state index contributed by atoms with van der Waals surface area (Å²) in [5.74, 6) is -0.0110. The number of carbonyl (C=O) groups excluding carboxylic acids is 2. The molecule has 0 aromatic heterocycles. The number of carbonyl (C=O) groups is 2. The predicted octanol–water partition coefficient (Wildman–Crippen LogP) is 2.59. The van der Waals surface area contributed by atoms with Crippen molar-refractivity contribution in [2.75, 3.05) is 34.0 Å². The van der Waals surface area contributed by atoms with Crippen molar-refractivity contribution in [3.05, 3.63) is 58.2 Å². The monoisotopic (exact) mass is 550 g/mol. The maximum absolute atomic E-state index is 13.0. The first-order valence-corrected chi connectivity index (χ1v) is 13.8. The molecular weight excluding hydrogens is 508 g/mol. The van der Waals surface area contributed by atoms with Gasteiger partial charge in [0.25, 0.3) is 0 Å². The molecule has 1 aromatic carbocycles. The van der Waals surface area contributed by atoms with Crippen LogP contribution in [0, 0.1) is 11.3 Å². The number of allylic oxidation sites excluding steroid dienone is 3. The lowest BCUT2D eigenvalue weighted by atomic mass is 9.66. The number of rotatable bonds is 10. The maximum atomic E-state index is 13.0. The lowest BCUT2D eigenvalue weighted by Gasteiger charge is -2.42. The zero-order chi connectivity index (χ0) is 29.4. The lowest BCUT2D eigenvalue weighted by molar-refractivity contribution is -0.152. The molecule has 10 heteroatoms. The van der Waals surface area contributed by atoms with Crippen molar-refractivity contribution >= 4 is 17.6 Å². The molecule has 0 saturated carbocycles. The number of aliphatic imine (C=N–C) groups is 1. The van der Waals surface area contributed by atoms with Gasteiger partial charge in [0.1, 0.15) is 11.9 Å². The second-order valence-electron chi connectivity index (χ2n) is 10.5. The van der Waals surface area contributed by atoms with Crippen molar-refractivity contribution in [2.45, 2.75) is 70.4 Å². The summed E-state index contributed by atoms with van der Waals surface area (Å²) >= 11 is 0. The first kappa shape index (κ1) is 31.0. The Morgan fingerprint density at radius 3 is 2.80 bits per heavy atom. The van der Waals surface area contributed by atoms with Crippen molar-refractivity contribution in [3.8, 4) is 6.07 Å². The Kier molecular flexibility index (Phi) is 10.6. The van der Waals surface area contributed by atoms with Gasteiger partial charge in [0.15, 0.2) is 6.79 Å². The van der Waals surface area contributed by atoms with Crippen molar-refractivity contribution in [2.24, 2.45) is 10.7 Å². The van der Waals surface area contributed by atoms with Gasteiger partial charge in [0.05, 0.1) is 18.0 Å². The Labute approximate surface area is 237 Å². The van der Waals surface area contributed by atoms with E-state index < -0.39 is 18.1 Å². The first-order chi connectivity index (χ1) is 19.1. The number of likely N-dealkylation sites (N-methyl/N-ethyl adjacent to an activating group) is 1. The Morgan fingerprint density at radius 1 is 1.43 bits per heavy atom. The standard InChI is InChI=1S/C30H42N6O4/c1-6-8-25-20(2)10-11-22-15-23(28(32)39)12-13-26(22)30(25,29(33-4)35(5)40-19-37)16-21(3)34-18-27(38)36-14-7-9-24(36)17-31/h6,8,12-13,15,21,24,34,37H,7,9-11,14,16,18-19H2,1-5H3,(H2,32,39)/b8-6-,33-29?. The Hall–Kier alpha value is -3.52. The molecule has 3 unspecified atom stereocenters. The van der Waals surface area contributed by atoms with Crippen LogP contribution in [0.5, 0.6) is 0 Å². The Morgan fingerprint density at radius 2 is 2.17 bits per heavy atom. The minimum Gasteiger partial charge on any atom is -0.368 e. The second kappa shape index (κ2) is 13.7. The average molecular weight is 551 g/mol. The fourth-order valence-corrected chi connectivity index (χ4v) is 6.18. The van der Waals surface area contributed by atoms with Crippen LogP contribution in [0.3, 0.4) is 0 Å². The summed E-state index contributed by atoms with van der Waals surface area (Å²) in [6, 6.07) is 7.21. The number of hydroxylamine groups is 2. The van der Waals surface area contributed by atoms with Gasteiger partial charge in [-0.2, -0.15) is 5.26 Å². The van der Waals surface area contributed by atoms with E-state index in [2.05, 4.69) is 24.4 Å². The molecule has 1 heterocycles. The van der Waals surface area contributed by atoms with Crippen LogP contribution in [0.25, 0.3) is 0 Å². The van der Waals surface area contributed by atoms with Crippen LogP contribution in [0.15, 0.2) is 46.5 Å². The normalized spacial score (nSPS) is 22.2. The average Bonchev–Trinajstić information content (AvgIpc) is 3.38. The summed E-state index contributed by atoms with van der Waals surface area (Å²) < 4.78 is 0. The van der Waals surface area contributed by atoms with Crippen LogP contribution in [-0.4, -0.2) is 78.8 Å². The van der Waals surface area contributed by atoms with Crippen LogP contribution in [0.1, 0.15) is 67.9 Å². The van der Waals surface area contributed by atoms with E-state index in [9.17, 15) is 20.0 Å². The Bertz CT molecular complexity index is 1230. The van der Waals surface area contributed by atoms with Crippen LogP contribution in [0.4, 0.5) is 0 Å². The summed E-state index contributed by atoms with van der Waals surface area (Å²) in [5, 5.41) is 23.9. The number of aliphatic hydroxyl groups excluding tert-OH is 1. The predicted molar refractivity (Wildman–Crippen MR) is 154 cm³/mol. The summed E-state index contributed by atoms with van der Waals surface area (Å²) in [4.78, 5) is 37.0. The largest absolute Gasteiger partial charge is 0.368 e. The highest BCUT2D eigenvalue weighted by atomic mass is 16.7. The molecule has 10 nitrogen and oxygen atoms in total. The van der Waals surface area contributed by atoms with Gasteiger partial charge < -0.3 is 21.1 Å². The number of nitrogens with one attached hydrogen (secondary N) is 1. The molecule has 40 heavy (non-hydrogen) atoms. The number of aryl methyl sites for hydroxylation is 1. The third kappa shape index (κ3) is 6.28. The van der Waals surface area contributed by atoms with E-state index in [1.54, 1.807) is 25.1 Å². The first-order valence-electron chi connectivity index (χ1n) is 13.8. The van der Waals surface area contributed by atoms with Gasteiger partial charge in [0, 0.05) is 32.2 Å². The molecule has 216 valence electrons. The zero-order valence-electron chi connectivity index (χ0n) is 24.2. The third-order valence-corrected chi connectivity index (χ3v) is 7.95. The number of amides is 2. The number of nitriles is 1. The molecule has 2 aliphatic rings. The lowest BCUT2D eigenvalue weighted by Crippen LogP contribution is -2.51. The number of nitrogens with two attached hydrogens (primary N) is 1. The molecule has 0 radical (unpaired) electrons. The second-order valence-corrected chi connectivity index (χ2v) is 10.5. The quantitative estimate of drug-likeness (QED) is 0.176. The van der Waals surface area contributed by atoms with Crippen LogP contribution in [0.2, 0.25) is 0 Å². The molecule has 1 aromatic rings. The van der Waals surface area contributed by atoms with E-state index in [0.29, 0.717) is 37.2 Å². The van der Waals surface area contributed by atoms with Gasteiger partial charge in [-0.3, -0.25) is 14.6 Å². The van der Waals surface area contributed by atoms with E-state index in [1.807, 2.05) is 32.1 Å². The van der Waals surface area contributed by atoms with E-state index in [0.717, 1.165) is 35.1 Å². The van der Waals surface area contributed by atoms with Gasteiger partial charge in [0.2, 0.25) is 11.8 Å². The number of primary amides is 1. The summed E-state index contributed by atoms with van der Waals surface area (Å²) in [6.07, 6.45) is 7.58. The van der Waals surface area contributed by atoms with E-state index in [4.69, 9.17) is 15.6 Å². The maximum Gasteiger partial charge on any atom is 0.248 e. The topological polar surface area (TPSA) is 144 Å². The van der Waals surface area contributed by atoms with Gasteiger partial charge in [-0.1, -0.05) is 23.8 Å². The SMILES string of the molecule is C/C=C\C1=C(C)CCc2cc(C(N)=O)ccc2C1(CC(C)NCC(=O)N1CCCC1C#N)C(=NC)N(C)OCO. The minimum absolute atomic E-state index is 0.0946. The number of aliphatic hydroxyl groups is 1. The number of likely N-dealkylation sites (tertiary alicyclic amines) is 1. The zero-order valence-corrected chi connectivity index (χ0v) is 24.2. The van der Waals surface area contributed by atoms with Gasteiger partial charge >= 0.3 is 0 Å². The molecule has 3 rings (SSSR count). The number of benzene rings is 1. The van der Waals surface area contributed by atoms with Crippen molar-refractivity contribution in [3.63, 3.8) is 0 Å². The van der Waals surface area contributed by atoms with Crippen molar-refractivity contribution in [1.29, 1.82) is 5.26 Å². The molecular formula is C30H42N6O4. The molecule has 1 aliphatic heterocycles. The number of amidine groups is 1. The highest BCUT2D eigenvalue weighted by Crippen LogP contribution is 2.46. The number of nitrogens with zero attached hydrogens (tertiary/aromatic N) is 4. The van der Waals surface area contributed by atoms with E-state index in [1.165, 1.54) is 5.06 Å². The molecule has 0 bridgehead atoms. The number of hydrogen-bond acceptors (Lipinski definition) is 7. The van der Waals surface area contributed by atoms with E-state index >= 15 is 0 Å². The van der Waals surface area contributed by atoms with Gasteiger partial charge in [-0.05, 0) is 81.7 Å². The number of hydrogen-bond donors (Lipinski definition) is 3. The molecule has 1 saturated heterocycles. The summed E-state index contributed by atoms with van der Waals surface area (Å²) in [5.41, 5.74) is 9.36. The number of fused-ring (bicyclic) bond motifs is 1. The Balaban J connectivity index is 2.14. The molecule has 3 atom stereocenters. The molecule has 4 N–H and O–H groups in total. The third-order valence-electron chi connectivity index (χ3n) is 7.95.